The Labute approximate surface area is 71.3 Å². The van der Waals surface area contributed by atoms with Crippen LogP contribution in [0.5, 0.6) is 0 Å². The number of ether oxygens (including phenoxy) is 2. The fraction of sp³-hybridized carbons (Fsp3) is 0.667. The maximum atomic E-state index is 11.1. The molecule has 0 N–H and O–H groups in total. The van der Waals surface area contributed by atoms with Crippen molar-refractivity contribution in [1.82, 2.24) is 0 Å². The summed E-state index contributed by atoms with van der Waals surface area (Å²) in [6.45, 7) is 4.39. The zero-order valence-corrected chi connectivity index (χ0v) is 7.35. The second-order valence-electron chi connectivity index (χ2n) is 3.84. The van der Waals surface area contributed by atoms with E-state index in [1.165, 1.54) is 0 Å². The van der Waals surface area contributed by atoms with Gasteiger partial charge in [0.2, 0.25) is 0 Å². The van der Waals surface area contributed by atoms with Crippen molar-refractivity contribution in [2.24, 2.45) is 0 Å². The molecule has 0 radical (unpaired) electrons. The summed E-state index contributed by atoms with van der Waals surface area (Å²) in [5.74, 6) is 0.553. The Hall–Kier alpha value is -0.990. The molecule has 0 fully saturated rings. The van der Waals surface area contributed by atoms with Gasteiger partial charge in [-0.05, 0) is 26.7 Å². The lowest BCUT2D eigenvalue weighted by Gasteiger charge is -2.30. The smallest absolute Gasteiger partial charge is 0.338 e. The normalized spacial score (nSPS) is 26.3. The van der Waals surface area contributed by atoms with Crippen molar-refractivity contribution in [3.8, 4) is 0 Å². The van der Waals surface area contributed by atoms with Crippen LogP contribution in [-0.4, -0.2) is 18.2 Å². The lowest BCUT2D eigenvalue weighted by molar-refractivity contribution is -0.136. The van der Waals surface area contributed by atoms with Crippen molar-refractivity contribution in [2.75, 3.05) is 6.61 Å². The second-order valence-corrected chi connectivity index (χ2v) is 3.84. The molecule has 3 heteroatoms. The first-order valence-electron chi connectivity index (χ1n) is 4.17. The number of carbonyl (C=O) groups excluding carboxylic acids is 1. The minimum absolute atomic E-state index is 0.132. The predicted octanol–water partition coefficient (Wildman–Crippen LogP) is 1.39. The summed E-state index contributed by atoms with van der Waals surface area (Å²) >= 11 is 0. The first kappa shape index (κ1) is 7.65. The fourth-order valence-electron chi connectivity index (χ4n) is 1.56. The molecule has 66 valence electrons. The van der Waals surface area contributed by atoms with Crippen LogP contribution in [0.4, 0.5) is 0 Å². The highest BCUT2D eigenvalue weighted by Gasteiger charge is 2.35. The molecule has 0 amide bonds. The van der Waals surface area contributed by atoms with E-state index in [0.717, 1.165) is 24.2 Å². The van der Waals surface area contributed by atoms with Crippen molar-refractivity contribution in [2.45, 2.75) is 32.3 Å². The quantitative estimate of drug-likeness (QED) is 0.513. The molecular formula is C9H12O3. The van der Waals surface area contributed by atoms with E-state index in [-0.39, 0.29) is 11.6 Å². The van der Waals surface area contributed by atoms with Crippen molar-refractivity contribution in [3.05, 3.63) is 11.3 Å². The van der Waals surface area contributed by atoms with Gasteiger partial charge in [0, 0.05) is 0 Å². The summed E-state index contributed by atoms with van der Waals surface area (Å²) in [7, 11) is 0. The van der Waals surface area contributed by atoms with Crippen molar-refractivity contribution in [3.63, 3.8) is 0 Å². The molecule has 0 spiro atoms. The van der Waals surface area contributed by atoms with Gasteiger partial charge in [0.15, 0.2) is 0 Å². The molecule has 0 aromatic heterocycles. The van der Waals surface area contributed by atoms with Crippen LogP contribution in [0, 0.1) is 0 Å². The summed E-state index contributed by atoms with van der Waals surface area (Å²) in [4.78, 5) is 11.1. The molecule has 0 aliphatic carbocycles. The van der Waals surface area contributed by atoms with E-state index in [9.17, 15) is 4.79 Å². The molecule has 2 rings (SSSR count). The maximum absolute atomic E-state index is 11.1. The zero-order chi connectivity index (χ0) is 8.77. The standard InChI is InChI=1S/C9H12O3/c1-9(2)4-3-6-7(12-9)5-11-8(6)10/h3-5H2,1-2H3. The summed E-state index contributed by atoms with van der Waals surface area (Å²) in [6, 6.07) is 0. The van der Waals surface area contributed by atoms with E-state index in [2.05, 4.69) is 0 Å². The third-order valence-electron chi connectivity index (χ3n) is 2.29. The van der Waals surface area contributed by atoms with Gasteiger partial charge in [-0.3, -0.25) is 0 Å². The Morgan fingerprint density at radius 2 is 2.17 bits per heavy atom. The third-order valence-corrected chi connectivity index (χ3v) is 2.29. The molecule has 0 saturated heterocycles. The van der Waals surface area contributed by atoms with Gasteiger partial charge < -0.3 is 9.47 Å². The molecule has 3 nitrogen and oxygen atoms in total. The number of hydrogen-bond donors (Lipinski definition) is 0. The van der Waals surface area contributed by atoms with Crippen molar-refractivity contribution < 1.29 is 14.3 Å². The van der Waals surface area contributed by atoms with Crippen LogP contribution in [0.3, 0.4) is 0 Å². The Balaban J connectivity index is 2.26. The Morgan fingerprint density at radius 3 is 2.92 bits per heavy atom. The molecule has 2 heterocycles. The van der Waals surface area contributed by atoms with Gasteiger partial charge in [0.1, 0.15) is 18.0 Å². The molecule has 0 unspecified atom stereocenters. The van der Waals surface area contributed by atoms with Crippen LogP contribution in [0.15, 0.2) is 11.3 Å². The number of carbonyl (C=O) groups is 1. The summed E-state index contributed by atoms with van der Waals surface area (Å²) in [5, 5.41) is 0. The fourth-order valence-corrected chi connectivity index (χ4v) is 1.56. The average molecular weight is 168 g/mol. The number of esters is 1. The molecule has 2 aliphatic heterocycles. The SMILES string of the molecule is CC1(C)CCC2=C(COC2=O)O1. The van der Waals surface area contributed by atoms with E-state index in [1.807, 2.05) is 13.8 Å². The molecule has 0 saturated carbocycles. The van der Waals surface area contributed by atoms with E-state index >= 15 is 0 Å². The molecule has 2 aliphatic rings. The van der Waals surface area contributed by atoms with Gasteiger partial charge in [-0.1, -0.05) is 0 Å². The van der Waals surface area contributed by atoms with E-state index in [0.29, 0.717) is 6.61 Å². The summed E-state index contributed by atoms with van der Waals surface area (Å²) in [6.07, 6.45) is 1.68. The molecular weight excluding hydrogens is 156 g/mol. The van der Waals surface area contributed by atoms with Crippen LogP contribution < -0.4 is 0 Å². The van der Waals surface area contributed by atoms with Gasteiger partial charge in [0.05, 0.1) is 5.57 Å². The number of cyclic esters (lactones) is 1. The molecule has 0 bridgehead atoms. The Kier molecular flexibility index (Phi) is 1.43. The largest absolute Gasteiger partial charge is 0.488 e. The van der Waals surface area contributed by atoms with Crippen LogP contribution in [0.1, 0.15) is 26.7 Å². The molecule has 0 aromatic rings. The second kappa shape index (κ2) is 2.25. The minimum atomic E-state index is -0.194. The van der Waals surface area contributed by atoms with Gasteiger partial charge in [-0.2, -0.15) is 0 Å². The molecule has 12 heavy (non-hydrogen) atoms. The molecule has 0 atom stereocenters. The third kappa shape index (κ3) is 1.09. The van der Waals surface area contributed by atoms with Crippen LogP contribution in [0.2, 0.25) is 0 Å². The highest BCUT2D eigenvalue weighted by molar-refractivity contribution is 5.91. The van der Waals surface area contributed by atoms with Gasteiger partial charge in [-0.15, -0.1) is 0 Å². The Bertz CT molecular complexity index is 263. The van der Waals surface area contributed by atoms with E-state index in [4.69, 9.17) is 9.47 Å². The van der Waals surface area contributed by atoms with Crippen LogP contribution in [0.25, 0.3) is 0 Å². The molecule has 0 aromatic carbocycles. The van der Waals surface area contributed by atoms with Crippen molar-refractivity contribution >= 4 is 5.97 Å². The highest BCUT2D eigenvalue weighted by Crippen LogP contribution is 2.34. The predicted molar refractivity (Wildman–Crippen MR) is 42.4 cm³/mol. The summed E-state index contributed by atoms with van der Waals surface area (Å²) < 4.78 is 10.5. The zero-order valence-electron chi connectivity index (χ0n) is 7.35. The number of hydrogen-bond acceptors (Lipinski definition) is 3. The number of rotatable bonds is 0. The minimum Gasteiger partial charge on any atom is -0.488 e. The average Bonchev–Trinajstić information content (AvgIpc) is 2.30. The first-order valence-corrected chi connectivity index (χ1v) is 4.17. The lowest BCUT2D eigenvalue weighted by Crippen LogP contribution is -2.28. The van der Waals surface area contributed by atoms with E-state index in [1.54, 1.807) is 0 Å². The van der Waals surface area contributed by atoms with Crippen LogP contribution in [-0.2, 0) is 14.3 Å². The monoisotopic (exact) mass is 168 g/mol. The van der Waals surface area contributed by atoms with E-state index < -0.39 is 0 Å². The maximum Gasteiger partial charge on any atom is 0.338 e. The van der Waals surface area contributed by atoms with Gasteiger partial charge in [-0.25, -0.2) is 4.79 Å². The lowest BCUT2D eigenvalue weighted by atomic mass is 9.95. The van der Waals surface area contributed by atoms with Gasteiger partial charge in [0.25, 0.3) is 0 Å². The highest BCUT2D eigenvalue weighted by atomic mass is 16.6. The first-order chi connectivity index (χ1) is 5.58. The van der Waals surface area contributed by atoms with Gasteiger partial charge >= 0.3 is 5.97 Å². The Morgan fingerprint density at radius 1 is 1.42 bits per heavy atom. The van der Waals surface area contributed by atoms with Crippen molar-refractivity contribution in [1.29, 1.82) is 0 Å². The topological polar surface area (TPSA) is 35.5 Å². The summed E-state index contributed by atoms with van der Waals surface area (Å²) in [5.41, 5.74) is 0.613. The van der Waals surface area contributed by atoms with Crippen LogP contribution >= 0.6 is 0 Å².